The minimum atomic E-state index is 0.0468. The van der Waals surface area contributed by atoms with Crippen LogP contribution in [0.15, 0.2) is 46.2 Å². The molecule has 0 aliphatic rings. The number of amides is 1. The maximum atomic E-state index is 12.3. The van der Waals surface area contributed by atoms with Crippen molar-refractivity contribution in [1.82, 2.24) is 25.1 Å². The summed E-state index contributed by atoms with van der Waals surface area (Å²) in [5.74, 6) is 0.345. The van der Waals surface area contributed by atoms with E-state index in [-0.39, 0.29) is 5.91 Å². The summed E-state index contributed by atoms with van der Waals surface area (Å²) in [6.07, 6.45) is 0. The molecule has 0 N–H and O–H groups in total. The molecule has 8 heteroatoms. The number of carbonyl (C=O) groups is 1. The number of benzene rings is 1. The topological polar surface area (TPSA) is 63.9 Å². The van der Waals surface area contributed by atoms with E-state index < -0.39 is 0 Å². The lowest BCUT2D eigenvalue weighted by Gasteiger charge is -2.16. The number of thiophene rings is 1. The first-order valence-corrected chi connectivity index (χ1v) is 9.30. The third-order valence-corrected chi connectivity index (χ3v) is 5.17. The maximum Gasteiger partial charge on any atom is 0.233 e. The Morgan fingerprint density at radius 3 is 2.92 bits per heavy atom. The van der Waals surface area contributed by atoms with E-state index in [4.69, 9.17) is 0 Å². The Balaban J connectivity index is 1.64. The lowest BCUT2D eigenvalue weighted by Crippen LogP contribution is -2.27. The Labute approximate surface area is 148 Å². The lowest BCUT2D eigenvalue weighted by atomic mass is 10.2. The predicted molar refractivity (Wildman–Crippen MR) is 95.4 cm³/mol. The fourth-order valence-corrected chi connectivity index (χ4v) is 3.69. The minimum absolute atomic E-state index is 0.0468. The second-order valence-corrected chi connectivity index (χ2v) is 7.05. The molecule has 0 atom stereocenters. The van der Waals surface area contributed by atoms with Crippen molar-refractivity contribution in [1.29, 1.82) is 0 Å². The van der Waals surface area contributed by atoms with Crippen molar-refractivity contribution < 1.29 is 4.79 Å². The standard InChI is InChI=1S/C16H17N5OS2/c1-12-5-3-4-6-14(12)21-16(17-18-19-21)24-11-15(22)20(2)9-13-7-8-23-10-13/h3-8,10H,9,11H2,1-2H3. The number of para-hydroxylation sites is 1. The second kappa shape index (κ2) is 7.59. The van der Waals surface area contributed by atoms with Crippen molar-refractivity contribution in [3.63, 3.8) is 0 Å². The minimum Gasteiger partial charge on any atom is -0.341 e. The molecule has 0 fully saturated rings. The van der Waals surface area contributed by atoms with Crippen molar-refractivity contribution in [3.8, 4) is 5.69 Å². The van der Waals surface area contributed by atoms with Crippen molar-refractivity contribution in [2.24, 2.45) is 0 Å². The van der Waals surface area contributed by atoms with E-state index in [2.05, 4.69) is 20.9 Å². The van der Waals surface area contributed by atoms with Gasteiger partial charge < -0.3 is 4.90 Å². The van der Waals surface area contributed by atoms with Crippen LogP contribution in [0.3, 0.4) is 0 Å². The molecular weight excluding hydrogens is 342 g/mol. The SMILES string of the molecule is Cc1ccccc1-n1nnnc1SCC(=O)N(C)Cc1ccsc1. The summed E-state index contributed by atoms with van der Waals surface area (Å²) in [5, 5.41) is 16.5. The lowest BCUT2D eigenvalue weighted by molar-refractivity contribution is -0.127. The molecule has 24 heavy (non-hydrogen) atoms. The van der Waals surface area contributed by atoms with Crippen LogP contribution in [0.1, 0.15) is 11.1 Å². The quantitative estimate of drug-likeness (QED) is 0.633. The highest BCUT2D eigenvalue weighted by molar-refractivity contribution is 7.99. The predicted octanol–water partition coefficient (Wildman–Crippen LogP) is 2.78. The molecule has 6 nitrogen and oxygen atoms in total. The van der Waals surface area contributed by atoms with Crippen molar-refractivity contribution in [2.45, 2.75) is 18.6 Å². The average molecular weight is 359 g/mol. The molecule has 0 unspecified atom stereocenters. The highest BCUT2D eigenvalue weighted by Crippen LogP contribution is 2.21. The normalized spacial score (nSPS) is 10.8. The maximum absolute atomic E-state index is 12.3. The van der Waals surface area contributed by atoms with E-state index in [1.807, 2.05) is 49.7 Å². The van der Waals surface area contributed by atoms with Gasteiger partial charge in [0.15, 0.2) is 0 Å². The molecule has 0 aliphatic carbocycles. The number of carbonyl (C=O) groups excluding carboxylic acids is 1. The number of hydrogen-bond donors (Lipinski definition) is 0. The summed E-state index contributed by atoms with van der Waals surface area (Å²) in [6, 6.07) is 9.91. The van der Waals surface area contributed by atoms with Gasteiger partial charge in [-0.05, 0) is 51.4 Å². The summed E-state index contributed by atoms with van der Waals surface area (Å²) in [6.45, 7) is 2.62. The van der Waals surface area contributed by atoms with Gasteiger partial charge in [0.1, 0.15) is 0 Å². The largest absolute Gasteiger partial charge is 0.341 e. The first-order valence-electron chi connectivity index (χ1n) is 7.37. The third-order valence-electron chi connectivity index (χ3n) is 3.53. The van der Waals surface area contributed by atoms with Gasteiger partial charge in [-0.3, -0.25) is 4.79 Å². The van der Waals surface area contributed by atoms with Gasteiger partial charge in [0.25, 0.3) is 0 Å². The molecule has 3 aromatic rings. The van der Waals surface area contributed by atoms with Gasteiger partial charge in [-0.15, -0.1) is 5.10 Å². The van der Waals surface area contributed by atoms with Gasteiger partial charge in [0, 0.05) is 13.6 Å². The number of rotatable bonds is 6. The van der Waals surface area contributed by atoms with Gasteiger partial charge in [-0.25, -0.2) is 0 Å². The second-order valence-electron chi connectivity index (χ2n) is 5.33. The molecule has 2 heterocycles. The summed E-state index contributed by atoms with van der Waals surface area (Å²) >= 11 is 2.98. The van der Waals surface area contributed by atoms with Crippen LogP contribution < -0.4 is 0 Å². The van der Waals surface area contributed by atoms with E-state index in [1.54, 1.807) is 20.9 Å². The monoisotopic (exact) mass is 359 g/mol. The number of aromatic nitrogens is 4. The number of thioether (sulfide) groups is 1. The van der Waals surface area contributed by atoms with E-state index in [0.29, 0.717) is 17.5 Å². The fourth-order valence-electron chi connectivity index (χ4n) is 2.20. The molecule has 0 radical (unpaired) electrons. The van der Waals surface area contributed by atoms with Gasteiger partial charge in [-0.1, -0.05) is 30.0 Å². The molecule has 0 bridgehead atoms. The summed E-state index contributed by atoms with van der Waals surface area (Å²) in [7, 11) is 1.81. The first-order chi connectivity index (χ1) is 11.6. The van der Waals surface area contributed by atoms with E-state index in [0.717, 1.165) is 16.8 Å². The van der Waals surface area contributed by atoms with Crippen LogP contribution in [0, 0.1) is 6.92 Å². The zero-order valence-corrected chi connectivity index (χ0v) is 15.0. The van der Waals surface area contributed by atoms with Crippen LogP contribution in [0.2, 0.25) is 0 Å². The van der Waals surface area contributed by atoms with Gasteiger partial charge >= 0.3 is 0 Å². The average Bonchev–Trinajstić information content (AvgIpc) is 3.24. The molecule has 2 aromatic heterocycles. The smallest absolute Gasteiger partial charge is 0.233 e. The number of aryl methyl sites for hydroxylation is 1. The van der Waals surface area contributed by atoms with Gasteiger partial charge in [0.05, 0.1) is 11.4 Å². The molecule has 124 valence electrons. The van der Waals surface area contributed by atoms with Crippen molar-refractivity contribution >= 4 is 29.0 Å². The molecule has 0 saturated heterocycles. The van der Waals surface area contributed by atoms with Crippen LogP contribution >= 0.6 is 23.1 Å². The van der Waals surface area contributed by atoms with Crippen LogP contribution in [0.4, 0.5) is 0 Å². The van der Waals surface area contributed by atoms with E-state index in [9.17, 15) is 4.79 Å². The summed E-state index contributed by atoms with van der Waals surface area (Å²) < 4.78 is 1.67. The molecule has 0 saturated carbocycles. The summed E-state index contributed by atoms with van der Waals surface area (Å²) in [4.78, 5) is 14.0. The third kappa shape index (κ3) is 3.82. The van der Waals surface area contributed by atoms with Crippen LogP contribution in [-0.2, 0) is 11.3 Å². The first kappa shape index (κ1) is 16.7. The Bertz CT molecular complexity index is 816. The molecule has 0 aliphatic heterocycles. The van der Waals surface area contributed by atoms with Crippen LogP contribution in [0.25, 0.3) is 5.69 Å². The molecule has 1 amide bonds. The van der Waals surface area contributed by atoms with Gasteiger partial charge in [0.2, 0.25) is 11.1 Å². The summed E-state index contributed by atoms with van der Waals surface area (Å²) in [5.41, 5.74) is 3.14. The van der Waals surface area contributed by atoms with Gasteiger partial charge in [-0.2, -0.15) is 16.0 Å². The molecule has 0 spiro atoms. The van der Waals surface area contributed by atoms with Crippen molar-refractivity contribution in [3.05, 3.63) is 52.2 Å². The fraction of sp³-hybridized carbons (Fsp3) is 0.250. The Morgan fingerprint density at radius 1 is 1.33 bits per heavy atom. The van der Waals surface area contributed by atoms with E-state index >= 15 is 0 Å². The Hall–Kier alpha value is -2.19. The van der Waals surface area contributed by atoms with E-state index in [1.165, 1.54) is 11.8 Å². The van der Waals surface area contributed by atoms with Crippen LogP contribution in [0.5, 0.6) is 0 Å². The number of nitrogens with zero attached hydrogens (tertiary/aromatic N) is 5. The highest BCUT2D eigenvalue weighted by atomic mass is 32.2. The molecule has 3 rings (SSSR count). The van der Waals surface area contributed by atoms with Crippen LogP contribution in [-0.4, -0.2) is 43.8 Å². The Kier molecular flexibility index (Phi) is 5.27. The molecular formula is C16H17N5OS2. The highest BCUT2D eigenvalue weighted by Gasteiger charge is 2.15. The Morgan fingerprint density at radius 2 is 2.17 bits per heavy atom. The molecule has 1 aromatic carbocycles. The number of hydrogen-bond acceptors (Lipinski definition) is 6. The zero-order valence-electron chi connectivity index (χ0n) is 13.4. The zero-order chi connectivity index (χ0) is 16.9. The van der Waals surface area contributed by atoms with Crippen molar-refractivity contribution in [2.75, 3.05) is 12.8 Å². The number of tetrazole rings is 1.